The molecular weight excluding hydrogens is 178 g/mol. The van der Waals surface area contributed by atoms with Gasteiger partial charge < -0.3 is 15.7 Å². The number of amidine groups is 1. The maximum Gasteiger partial charge on any atom is 0.0905 e. The number of piperidine rings is 1. The van der Waals surface area contributed by atoms with Gasteiger partial charge in [0.2, 0.25) is 0 Å². The molecule has 0 aromatic rings. The first-order valence-corrected chi connectivity index (χ1v) is 5.42. The summed E-state index contributed by atoms with van der Waals surface area (Å²) in [5.41, 5.74) is 5.26. The van der Waals surface area contributed by atoms with Crippen LogP contribution in [0.1, 0.15) is 32.1 Å². The van der Waals surface area contributed by atoms with Crippen molar-refractivity contribution < 1.29 is 5.11 Å². The molecule has 1 unspecified atom stereocenters. The number of nitrogens with two attached hydrogens (primary N) is 1. The zero-order valence-electron chi connectivity index (χ0n) is 8.71. The van der Waals surface area contributed by atoms with Crippen molar-refractivity contribution in [1.82, 2.24) is 4.90 Å². The Balaban J connectivity index is 2.03. The number of β-amino-alcohol motifs (C(OH)–C–C–N with tert-alkyl or cyclic N) is 1. The second kappa shape index (κ2) is 5.98. The second-order valence-electron chi connectivity index (χ2n) is 4.08. The fraction of sp³-hybridized carbons (Fsp3) is 0.900. The van der Waals surface area contributed by atoms with Crippen molar-refractivity contribution in [3.8, 4) is 0 Å². The highest BCUT2D eigenvalue weighted by molar-refractivity contribution is 5.76. The summed E-state index contributed by atoms with van der Waals surface area (Å²) in [7, 11) is 0. The van der Waals surface area contributed by atoms with Gasteiger partial charge in [-0.15, -0.1) is 0 Å². The SMILES string of the molecule is N=C(N)CCCCN1CCCC(O)C1. The van der Waals surface area contributed by atoms with Crippen LogP contribution in [0, 0.1) is 5.41 Å². The summed E-state index contributed by atoms with van der Waals surface area (Å²) in [6, 6.07) is 0. The van der Waals surface area contributed by atoms with E-state index in [1.54, 1.807) is 0 Å². The standard InChI is InChI=1S/C10H21N3O/c11-10(12)5-1-2-6-13-7-3-4-9(14)8-13/h9,14H,1-8H2,(H3,11,12). The minimum atomic E-state index is -0.128. The zero-order chi connectivity index (χ0) is 10.4. The summed E-state index contributed by atoms with van der Waals surface area (Å²) >= 11 is 0. The molecule has 0 aromatic carbocycles. The summed E-state index contributed by atoms with van der Waals surface area (Å²) < 4.78 is 0. The lowest BCUT2D eigenvalue weighted by molar-refractivity contribution is 0.0699. The molecule has 1 atom stereocenters. The van der Waals surface area contributed by atoms with Crippen molar-refractivity contribution in [2.75, 3.05) is 19.6 Å². The number of unbranched alkanes of at least 4 members (excludes halogenated alkanes) is 1. The molecule has 14 heavy (non-hydrogen) atoms. The number of hydrogen-bond donors (Lipinski definition) is 3. The number of rotatable bonds is 5. The highest BCUT2D eigenvalue weighted by Crippen LogP contribution is 2.10. The van der Waals surface area contributed by atoms with E-state index < -0.39 is 0 Å². The van der Waals surface area contributed by atoms with Gasteiger partial charge >= 0.3 is 0 Å². The van der Waals surface area contributed by atoms with Crippen LogP contribution in [0.15, 0.2) is 0 Å². The van der Waals surface area contributed by atoms with E-state index in [-0.39, 0.29) is 11.9 Å². The smallest absolute Gasteiger partial charge is 0.0905 e. The van der Waals surface area contributed by atoms with Crippen LogP contribution in [-0.2, 0) is 0 Å². The minimum absolute atomic E-state index is 0.128. The number of hydrogen-bond acceptors (Lipinski definition) is 3. The first-order valence-electron chi connectivity index (χ1n) is 5.42. The molecule has 1 heterocycles. The van der Waals surface area contributed by atoms with Crippen LogP contribution in [-0.4, -0.2) is 41.6 Å². The maximum absolute atomic E-state index is 9.43. The molecule has 82 valence electrons. The van der Waals surface area contributed by atoms with Crippen LogP contribution in [0.4, 0.5) is 0 Å². The average Bonchev–Trinajstić information content (AvgIpc) is 2.12. The highest BCUT2D eigenvalue weighted by Gasteiger charge is 2.16. The van der Waals surface area contributed by atoms with Crippen LogP contribution in [0.25, 0.3) is 0 Å². The van der Waals surface area contributed by atoms with Crippen LogP contribution in [0.5, 0.6) is 0 Å². The summed E-state index contributed by atoms with van der Waals surface area (Å²) in [5.74, 6) is 0.281. The molecule has 1 saturated heterocycles. The third-order valence-corrected chi connectivity index (χ3v) is 2.65. The lowest BCUT2D eigenvalue weighted by Crippen LogP contribution is -2.38. The van der Waals surface area contributed by atoms with Gasteiger partial charge in [0.05, 0.1) is 11.9 Å². The molecule has 0 aromatic heterocycles. The van der Waals surface area contributed by atoms with Crippen molar-refractivity contribution >= 4 is 5.84 Å². The lowest BCUT2D eigenvalue weighted by atomic mass is 10.1. The van der Waals surface area contributed by atoms with Gasteiger partial charge in [-0.25, -0.2) is 0 Å². The third-order valence-electron chi connectivity index (χ3n) is 2.65. The molecule has 0 amide bonds. The number of aliphatic hydroxyl groups excluding tert-OH is 1. The molecule has 0 aliphatic carbocycles. The monoisotopic (exact) mass is 199 g/mol. The molecule has 4 nitrogen and oxygen atoms in total. The van der Waals surface area contributed by atoms with Gasteiger partial charge in [0.25, 0.3) is 0 Å². The largest absolute Gasteiger partial charge is 0.392 e. The van der Waals surface area contributed by atoms with E-state index in [2.05, 4.69) is 4.90 Å². The molecule has 1 aliphatic rings. The van der Waals surface area contributed by atoms with Gasteiger partial charge in [-0.2, -0.15) is 0 Å². The van der Waals surface area contributed by atoms with E-state index in [1.807, 2.05) is 0 Å². The number of aliphatic hydroxyl groups is 1. The first kappa shape index (κ1) is 11.5. The Morgan fingerprint density at radius 3 is 2.93 bits per heavy atom. The van der Waals surface area contributed by atoms with Crippen molar-refractivity contribution in [3.63, 3.8) is 0 Å². The summed E-state index contributed by atoms with van der Waals surface area (Å²) in [5, 5.41) is 16.5. The van der Waals surface area contributed by atoms with Crippen LogP contribution in [0.2, 0.25) is 0 Å². The Hall–Kier alpha value is -0.610. The number of nitrogens with one attached hydrogen (secondary N) is 1. The van der Waals surface area contributed by atoms with E-state index in [0.29, 0.717) is 6.42 Å². The molecule has 4 N–H and O–H groups in total. The highest BCUT2D eigenvalue weighted by atomic mass is 16.3. The maximum atomic E-state index is 9.43. The van der Waals surface area contributed by atoms with E-state index in [9.17, 15) is 5.11 Å². The minimum Gasteiger partial charge on any atom is -0.392 e. The van der Waals surface area contributed by atoms with Gasteiger partial charge in [0.1, 0.15) is 0 Å². The molecule has 0 spiro atoms. The molecule has 1 rings (SSSR count). The third kappa shape index (κ3) is 4.58. The van der Waals surface area contributed by atoms with Gasteiger partial charge in [-0.3, -0.25) is 5.41 Å². The Morgan fingerprint density at radius 2 is 2.29 bits per heavy atom. The quantitative estimate of drug-likeness (QED) is 0.344. The fourth-order valence-electron chi connectivity index (χ4n) is 1.89. The van der Waals surface area contributed by atoms with E-state index in [1.165, 1.54) is 0 Å². The normalized spacial score (nSPS) is 23.6. The predicted octanol–water partition coefficient (Wildman–Crippen LogP) is 0.549. The molecule has 0 radical (unpaired) electrons. The molecule has 0 saturated carbocycles. The fourth-order valence-corrected chi connectivity index (χ4v) is 1.89. The topological polar surface area (TPSA) is 73.3 Å². The lowest BCUT2D eigenvalue weighted by Gasteiger charge is -2.29. The van der Waals surface area contributed by atoms with Gasteiger partial charge in [0, 0.05) is 13.0 Å². The van der Waals surface area contributed by atoms with Gasteiger partial charge in [-0.05, 0) is 38.8 Å². The predicted molar refractivity (Wildman–Crippen MR) is 57.4 cm³/mol. The van der Waals surface area contributed by atoms with Crippen molar-refractivity contribution in [2.45, 2.75) is 38.2 Å². The first-order chi connectivity index (χ1) is 6.68. The van der Waals surface area contributed by atoms with Gasteiger partial charge in [-0.1, -0.05) is 0 Å². The molecule has 4 heteroatoms. The van der Waals surface area contributed by atoms with Crippen LogP contribution >= 0.6 is 0 Å². The van der Waals surface area contributed by atoms with Crippen molar-refractivity contribution in [2.24, 2.45) is 5.73 Å². The summed E-state index contributed by atoms with van der Waals surface area (Å²) in [6.07, 6.45) is 4.69. The Labute approximate surface area is 85.6 Å². The molecular formula is C10H21N3O. The number of likely N-dealkylation sites (tertiary alicyclic amines) is 1. The molecule has 0 bridgehead atoms. The molecule has 1 aliphatic heterocycles. The second-order valence-corrected chi connectivity index (χ2v) is 4.08. The zero-order valence-corrected chi connectivity index (χ0v) is 8.71. The van der Waals surface area contributed by atoms with Crippen molar-refractivity contribution in [3.05, 3.63) is 0 Å². The Bertz CT molecular complexity index is 184. The van der Waals surface area contributed by atoms with Crippen LogP contribution < -0.4 is 5.73 Å². The molecule has 1 fully saturated rings. The average molecular weight is 199 g/mol. The summed E-state index contributed by atoms with van der Waals surface area (Å²) in [4.78, 5) is 2.30. The van der Waals surface area contributed by atoms with Crippen molar-refractivity contribution in [1.29, 1.82) is 5.41 Å². The van der Waals surface area contributed by atoms with Gasteiger partial charge in [0.15, 0.2) is 0 Å². The van der Waals surface area contributed by atoms with E-state index >= 15 is 0 Å². The Kier molecular flexibility index (Phi) is 4.90. The Morgan fingerprint density at radius 1 is 1.50 bits per heavy atom. The summed E-state index contributed by atoms with van der Waals surface area (Å²) in [6.45, 7) is 2.96. The van der Waals surface area contributed by atoms with E-state index in [4.69, 9.17) is 11.1 Å². The number of nitrogens with zero attached hydrogens (tertiary/aromatic N) is 1. The van der Waals surface area contributed by atoms with E-state index in [0.717, 1.165) is 45.3 Å². The van der Waals surface area contributed by atoms with Crippen LogP contribution in [0.3, 0.4) is 0 Å².